The number of amides is 3. The van der Waals surface area contributed by atoms with E-state index in [0.29, 0.717) is 12.0 Å². The van der Waals surface area contributed by atoms with Crippen LogP contribution in [-0.2, 0) is 11.2 Å². The molecule has 0 radical (unpaired) electrons. The fourth-order valence-corrected chi connectivity index (χ4v) is 1.58. The average molecular weight is 277 g/mol. The van der Waals surface area contributed by atoms with Gasteiger partial charge in [-0.3, -0.25) is 4.79 Å². The van der Waals surface area contributed by atoms with Crippen molar-refractivity contribution >= 4 is 17.6 Å². The summed E-state index contributed by atoms with van der Waals surface area (Å²) in [7, 11) is 0. The Morgan fingerprint density at radius 3 is 2.70 bits per heavy atom. The molecule has 1 aromatic rings. The van der Waals surface area contributed by atoms with Crippen LogP contribution in [0.25, 0.3) is 0 Å². The third-order valence-electron chi connectivity index (χ3n) is 2.66. The minimum absolute atomic E-state index is 0.00805. The van der Waals surface area contributed by atoms with Gasteiger partial charge in [0.05, 0.1) is 0 Å². The van der Waals surface area contributed by atoms with Crippen LogP contribution < -0.4 is 16.4 Å². The van der Waals surface area contributed by atoms with Crippen LogP contribution in [0.3, 0.4) is 0 Å². The van der Waals surface area contributed by atoms with Crippen molar-refractivity contribution in [3.05, 3.63) is 29.6 Å². The Labute approximate surface area is 116 Å². The lowest BCUT2D eigenvalue weighted by Gasteiger charge is -2.14. The molecule has 106 valence electrons. The van der Waals surface area contributed by atoms with Crippen molar-refractivity contribution in [3.63, 3.8) is 0 Å². The van der Waals surface area contributed by atoms with Gasteiger partial charge >= 0.3 is 6.03 Å². The number of anilines is 1. The Kier molecular flexibility index (Phi) is 5.54. The van der Waals surface area contributed by atoms with Crippen LogP contribution in [-0.4, -0.2) is 18.0 Å². The lowest BCUT2D eigenvalue weighted by atomic mass is 10.1. The maximum atomic E-state index is 13.5. The summed E-state index contributed by atoms with van der Waals surface area (Å²) in [5, 5.41) is 4.74. The van der Waals surface area contributed by atoms with E-state index in [1.54, 1.807) is 12.1 Å². The number of hydrogen-bond donors (Lipinski definition) is 3. The summed E-state index contributed by atoms with van der Waals surface area (Å²) in [6.45, 7) is 1.83. The lowest BCUT2D eigenvalue weighted by molar-refractivity contribution is -0.119. The van der Waals surface area contributed by atoms with Gasteiger partial charge in [-0.1, -0.05) is 13.0 Å². The van der Waals surface area contributed by atoms with Gasteiger partial charge in [0.25, 0.3) is 0 Å². The van der Waals surface area contributed by atoms with Gasteiger partial charge in [0.1, 0.15) is 11.9 Å². The highest BCUT2D eigenvalue weighted by Gasteiger charge is 2.16. The van der Waals surface area contributed by atoms with Crippen LogP contribution in [0, 0.1) is 18.2 Å². The van der Waals surface area contributed by atoms with Gasteiger partial charge in [0, 0.05) is 12.1 Å². The number of carbonyl (C=O) groups is 2. The van der Waals surface area contributed by atoms with E-state index in [0.717, 1.165) is 0 Å². The number of benzene rings is 1. The predicted molar refractivity (Wildman–Crippen MR) is 74.4 cm³/mol. The molecule has 0 aliphatic heterocycles. The highest BCUT2D eigenvalue weighted by Crippen LogP contribution is 2.14. The van der Waals surface area contributed by atoms with Gasteiger partial charge in [-0.05, 0) is 24.1 Å². The summed E-state index contributed by atoms with van der Waals surface area (Å²) in [6.07, 6.45) is 5.62. The van der Waals surface area contributed by atoms with E-state index in [9.17, 15) is 14.0 Å². The first kappa shape index (κ1) is 15.5. The Balaban J connectivity index is 2.69. The number of halogens is 1. The van der Waals surface area contributed by atoms with Gasteiger partial charge in [0.15, 0.2) is 0 Å². The third-order valence-corrected chi connectivity index (χ3v) is 2.66. The second-order valence-electron chi connectivity index (χ2n) is 4.12. The molecule has 0 aromatic heterocycles. The molecular formula is C14H16FN3O2. The Hall–Kier alpha value is -2.55. The number of hydrogen-bond acceptors (Lipinski definition) is 2. The normalized spacial score (nSPS) is 11.2. The summed E-state index contributed by atoms with van der Waals surface area (Å²) >= 11 is 0. The molecule has 20 heavy (non-hydrogen) atoms. The molecule has 0 aliphatic rings. The van der Waals surface area contributed by atoms with Crippen LogP contribution in [0.15, 0.2) is 18.2 Å². The van der Waals surface area contributed by atoms with Gasteiger partial charge in [-0.2, -0.15) is 0 Å². The molecule has 5 nitrogen and oxygen atoms in total. The second-order valence-corrected chi connectivity index (χ2v) is 4.12. The Morgan fingerprint density at radius 2 is 2.20 bits per heavy atom. The lowest BCUT2D eigenvalue weighted by Crippen LogP contribution is -2.45. The topological polar surface area (TPSA) is 84.2 Å². The second kappa shape index (κ2) is 7.14. The monoisotopic (exact) mass is 277 g/mol. The van der Waals surface area contributed by atoms with Crippen molar-refractivity contribution in [3.8, 4) is 12.3 Å². The van der Waals surface area contributed by atoms with Gasteiger partial charge in [-0.25, -0.2) is 9.18 Å². The average Bonchev–Trinajstić information content (AvgIpc) is 2.38. The molecule has 0 spiro atoms. The van der Waals surface area contributed by atoms with Crippen molar-refractivity contribution in [1.82, 2.24) is 5.32 Å². The zero-order chi connectivity index (χ0) is 15.1. The summed E-state index contributed by atoms with van der Waals surface area (Å²) in [5.41, 5.74) is 5.92. The SMILES string of the molecule is C#CCC(NC(=O)Nc1ccc(CC)c(F)c1)C(N)=O. The molecule has 1 atom stereocenters. The predicted octanol–water partition coefficient (Wildman–Crippen LogP) is 1.39. The smallest absolute Gasteiger partial charge is 0.319 e. The van der Waals surface area contributed by atoms with Gasteiger partial charge < -0.3 is 16.4 Å². The van der Waals surface area contributed by atoms with E-state index >= 15 is 0 Å². The Morgan fingerprint density at radius 1 is 1.50 bits per heavy atom. The van der Waals surface area contributed by atoms with Crippen LogP contribution in [0.5, 0.6) is 0 Å². The minimum atomic E-state index is -0.959. The molecule has 0 fully saturated rings. The molecule has 6 heteroatoms. The number of primary amides is 1. The quantitative estimate of drug-likeness (QED) is 0.710. The van der Waals surface area contributed by atoms with Crippen molar-refractivity contribution < 1.29 is 14.0 Å². The van der Waals surface area contributed by atoms with Crippen LogP contribution >= 0.6 is 0 Å². The van der Waals surface area contributed by atoms with E-state index in [4.69, 9.17) is 12.2 Å². The molecule has 1 rings (SSSR count). The molecule has 3 amide bonds. The fourth-order valence-electron chi connectivity index (χ4n) is 1.58. The first-order valence-electron chi connectivity index (χ1n) is 6.06. The van der Waals surface area contributed by atoms with Crippen molar-refractivity contribution in [2.24, 2.45) is 5.73 Å². The molecule has 4 N–H and O–H groups in total. The first-order chi connectivity index (χ1) is 9.47. The van der Waals surface area contributed by atoms with E-state index < -0.39 is 23.8 Å². The molecule has 0 bridgehead atoms. The summed E-state index contributed by atoms with van der Waals surface area (Å²) in [6, 6.07) is 2.73. The number of nitrogens with two attached hydrogens (primary N) is 1. The fraction of sp³-hybridized carbons (Fsp3) is 0.286. The van der Waals surface area contributed by atoms with Crippen LogP contribution in [0.1, 0.15) is 18.9 Å². The molecule has 0 saturated carbocycles. The number of terminal acetylenes is 1. The highest BCUT2D eigenvalue weighted by molar-refractivity contribution is 5.93. The number of carbonyl (C=O) groups excluding carboxylic acids is 2. The van der Waals surface area contributed by atoms with Gasteiger partial charge in [0.2, 0.25) is 5.91 Å². The van der Waals surface area contributed by atoms with E-state index in [1.165, 1.54) is 6.07 Å². The Bertz CT molecular complexity index is 552. The highest BCUT2D eigenvalue weighted by atomic mass is 19.1. The zero-order valence-corrected chi connectivity index (χ0v) is 11.1. The standard InChI is InChI=1S/C14H16FN3O2/c1-3-5-12(13(16)19)18-14(20)17-10-7-6-9(4-2)11(15)8-10/h1,6-8,12H,4-5H2,2H3,(H2,16,19)(H2,17,18,20). The van der Waals surface area contributed by atoms with E-state index in [2.05, 4.69) is 16.6 Å². The first-order valence-corrected chi connectivity index (χ1v) is 6.06. The third kappa shape index (κ3) is 4.28. The van der Waals surface area contributed by atoms with E-state index in [1.807, 2.05) is 6.92 Å². The van der Waals surface area contributed by atoms with Crippen molar-refractivity contribution in [2.45, 2.75) is 25.8 Å². The van der Waals surface area contributed by atoms with Gasteiger partial charge in [-0.15, -0.1) is 12.3 Å². The maximum Gasteiger partial charge on any atom is 0.319 e. The summed E-state index contributed by atoms with van der Waals surface area (Å²) in [5.74, 6) is 1.11. The minimum Gasteiger partial charge on any atom is -0.368 e. The summed E-state index contributed by atoms with van der Waals surface area (Å²) < 4.78 is 13.5. The van der Waals surface area contributed by atoms with Crippen molar-refractivity contribution in [1.29, 1.82) is 0 Å². The molecule has 0 aliphatic carbocycles. The summed E-state index contributed by atoms with van der Waals surface area (Å²) in [4.78, 5) is 22.7. The number of rotatable bonds is 5. The molecule has 1 aromatic carbocycles. The van der Waals surface area contributed by atoms with Crippen LogP contribution in [0.2, 0.25) is 0 Å². The van der Waals surface area contributed by atoms with Crippen molar-refractivity contribution in [2.75, 3.05) is 5.32 Å². The molecule has 0 heterocycles. The number of nitrogens with one attached hydrogen (secondary N) is 2. The maximum absolute atomic E-state index is 13.5. The molecule has 1 unspecified atom stereocenters. The molecule has 0 saturated heterocycles. The van der Waals surface area contributed by atoms with Crippen LogP contribution in [0.4, 0.5) is 14.9 Å². The largest absolute Gasteiger partial charge is 0.368 e. The molecular weight excluding hydrogens is 261 g/mol. The number of urea groups is 1. The van der Waals surface area contributed by atoms with E-state index in [-0.39, 0.29) is 12.1 Å². The number of aryl methyl sites for hydroxylation is 1. The zero-order valence-electron chi connectivity index (χ0n) is 11.1.